The lowest BCUT2D eigenvalue weighted by Gasteiger charge is -2.04. The molecule has 2 aromatic rings. The number of amides is 1. The summed E-state index contributed by atoms with van der Waals surface area (Å²) in [6, 6.07) is 5.81. The Balaban J connectivity index is 2.36. The number of nitrogens with two attached hydrogens (primary N) is 1. The first kappa shape index (κ1) is 15.5. The molecule has 0 saturated carbocycles. The van der Waals surface area contributed by atoms with E-state index < -0.39 is 20.9 Å². The smallest absolute Gasteiger partial charge is 0.340 e. The van der Waals surface area contributed by atoms with E-state index in [2.05, 4.69) is 0 Å². The maximum atomic E-state index is 12.1. The largest absolute Gasteiger partial charge is 0.379 e. The highest BCUT2D eigenvalue weighted by Gasteiger charge is 2.22. The SMILES string of the molecule is Cn1cc(S(=O)(=O)Oc2cccc([N+](=O)[O-])c2)cc1C(N)=O. The van der Waals surface area contributed by atoms with Crippen LogP contribution in [0.15, 0.2) is 41.4 Å². The number of nitro groups is 1. The third kappa shape index (κ3) is 3.06. The number of nitro benzene ring substituents is 1. The van der Waals surface area contributed by atoms with Gasteiger partial charge in [-0.15, -0.1) is 0 Å². The van der Waals surface area contributed by atoms with Crippen LogP contribution in [-0.4, -0.2) is 23.8 Å². The Bertz CT molecular complexity index is 855. The summed E-state index contributed by atoms with van der Waals surface area (Å²) < 4.78 is 30.3. The number of benzene rings is 1. The predicted octanol–water partition coefficient (Wildman–Crippen LogP) is 0.800. The maximum absolute atomic E-state index is 12.1. The van der Waals surface area contributed by atoms with Crippen molar-refractivity contribution >= 4 is 21.7 Å². The first-order valence-corrected chi connectivity index (χ1v) is 7.26. The van der Waals surface area contributed by atoms with Gasteiger partial charge in [0.25, 0.3) is 11.6 Å². The lowest BCUT2D eigenvalue weighted by atomic mass is 10.3. The summed E-state index contributed by atoms with van der Waals surface area (Å²) in [6.45, 7) is 0. The summed E-state index contributed by atoms with van der Waals surface area (Å²) in [4.78, 5) is 20.8. The molecule has 1 heterocycles. The number of aryl methyl sites for hydroxylation is 1. The number of aromatic nitrogens is 1. The van der Waals surface area contributed by atoms with Crippen molar-refractivity contribution in [1.82, 2.24) is 4.57 Å². The molecule has 0 aliphatic heterocycles. The molecule has 0 spiro atoms. The third-order valence-corrected chi connectivity index (χ3v) is 3.97. The average molecular weight is 325 g/mol. The molecule has 0 aliphatic rings. The Kier molecular flexibility index (Phi) is 3.87. The zero-order valence-corrected chi connectivity index (χ0v) is 12.1. The van der Waals surface area contributed by atoms with E-state index in [-0.39, 0.29) is 22.0 Å². The van der Waals surface area contributed by atoms with Gasteiger partial charge in [0.05, 0.1) is 11.0 Å². The van der Waals surface area contributed by atoms with E-state index >= 15 is 0 Å². The molecule has 10 heteroatoms. The van der Waals surface area contributed by atoms with E-state index in [4.69, 9.17) is 9.92 Å². The molecular weight excluding hydrogens is 314 g/mol. The van der Waals surface area contributed by atoms with Gasteiger partial charge >= 0.3 is 10.1 Å². The van der Waals surface area contributed by atoms with Crippen molar-refractivity contribution in [2.45, 2.75) is 4.90 Å². The lowest BCUT2D eigenvalue weighted by molar-refractivity contribution is -0.384. The van der Waals surface area contributed by atoms with Gasteiger partial charge in [0, 0.05) is 19.3 Å². The molecule has 0 aliphatic carbocycles. The number of hydrogen-bond donors (Lipinski definition) is 1. The van der Waals surface area contributed by atoms with Crippen LogP contribution >= 0.6 is 0 Å². The topological polar surface area (TPSA) is 135 Å². The van der Waals surface area contributed by atoms with Crippen LogP contribution < -0.4 is 9.92 Å². The second kappa shape index (κ2) is 5.48. The van der Waals surface area contributed by atoms with Crippen LogP contribution in [0.4, 0.5) is 5.69 Å². The summed E-state index contributed by atoms with van der Waals surface area (Å²) >= 11 is 0. The van der Waals surface area contributed by atoms with Crippen LogP contribution in [-0.2, 0) is 17.2 Å². The van der Waals surface area contributed by atoms with Gasteiger partial charge < -0.3 is 14.5 Å². The molecule has 2 N–H and O–H groups in total. The summed E-state index contributed by atoms with van der Waals surface area (Å²) in [7, 11) is -2.79. The van der Waals surface area contributed by atoms with Gasteiger partial charge in [-0.05, 0) is 12.1 Å². The fraction of sp³-hybridized carbons (Fsp3) is 0.0833. The average Bonchev–Trinajstić information content (AvgIpc) is 2.81. The number of non-ortho nitro benzene ring substituents is 1. The monoisotopic (exact) mass is 325 g/mol. The van der Waals surface area contributed by atoms with Crippen molar-refractivity contribution in [2.24, 2.45) is 12.8 Å². The second-order valence-electron chi connectivity index (χ2n) is 4.33. The Morgan fingerprint density at radius 3 is 2.59 bits per heavy atom. The third-order valence-electron chi connectivity index (χ3n) is 2.76. The Hall–Kier alpha value is -2.88. The van der Waals surface area contributed by atoms with Crippen molar-refractivity contribution in [1.29, 1.82) is 0 Å². The minimum absolute atomic E-state index is 0.0128. The van der Waals surface area contributed by atoms with Gasteiger partial charge in [-0.3, -0.25) is 14.9 Å². The van der Waals surface area contributed by atoms with E-state index in [1.165, 1.54) is 29.8 Å². The van der Waals surface area contributed by atoms with E-state index in [1.54, 1.807) is 0 Å². The van der Waals surface area contributed by atoms with Crippen molar-refractivity contribution in [3.05, 3.63) is 52.3 Å². The molecule has 1 aromatic heterocycles. The van der Waals surface area contributed by atoms with Gasteiger partial charge in [-0.25, -0.2) is 0 Å². The summed E-state index contributed by atoms with van der Waals surface area (Å²) in [6.07, 6.45) is 1.16. The molecule has 0 atom stereocenters. The van der Waals surface area contributed by atoms with Gasteiger partial charge in [0.1, 0.15) is 16.3 Å². The zero-order valence-electron chi connectivity index (χ0n) is 11.3. The van der Waals surface area contributed by atoms with Gasteiger partial charge in [-0.2, -0.15) is 8.42 Å². The van der Waals surface area contributed by atoms with Crippen LogP contribution in [0.2, 0.25) is 0 Å². The van der Waals surface area contributed by atoms with Crippen LogP contribution in [0.1, 0.15) is 10.5 Å². The van der Waals surface area contributed by atoms with E-state index in [1.807, 2.05) is 0 Å². The van der Waals surface area contributed by atoms with Gasteiger partial charge in [0.15, 0.2) is 0 Å². The molecule has 2 rings (SSSR count). The second-order valence-corrected chi connectivity index (χ2v) is 5.87. The molecule has 116 valence electrons. The van der Waals surface area contributed by atoms with Crippen LogP contribution in [0.25, 0.3) is 0 Å². The summed E-state index contributed by atoms with van der Waals surface area (Å²) in [5.41, 5.74) is 4.79. The van der Waals surface area contributed by atoms with Crippen molar-refractivity contribution in [3.63, 3.8) is 0 Å². The molecule has 1 aromatic carbocycles. The van der Waals surface area contributed by atoms with E-state index in [9.17, 15) is 23.3 Å². The van der Waals surface area contributed by atoms with Gasteiger partial charge in [0.2, 0.25) is 0 Å². The quantitative estimate of drug-likeness (QED) is 0.491. The highest BCUT2D eigenvalue weighted by molar-refractivity contribution is 7.87. The predicted molar refractivity (Wildman–Crippen MR) is 74.8 cm³/mol. The van der Waals surface area contributed by atoms with Crippen LogP contribution in [0, 0.1) is 10.1 Å². The summed E-state index contributed by atoms with van der Waals surface area (Å²) in [5.74, 6) is -1.00. The minimum Gasteiger partial charge on any atom is -0.379 e. The van der Waals surface area contributed by atoms with Crippen LogP contribution in [0.3, 0.4) is 0 Å². The van der Waals surface area contributed by atoms with Crippen molar-refractivity contribution < 1.29 is 22.3 Å². The fourth-order valence-electron chi connectivity index (χ4n) is 1.74. The lowest BCUT2D eigenvalue weighted by Crippen LogP contribution is -2.14. The fourth-order valence-corrected chi connectivity index (χ4v) is 2.74. The zero-order chi connectivity index (χ0) is 16.5. The maximum Gasteiger partial charge on any atom is 0.340 e. The number of hydrogen-bond acceptors (Lipinski definition) is 6. The van der Waals surface area contributed by atoms with E-state index in [0.29, 0.717) is 0 Å². The Morgan fingerprint density at radius 2 is 2.05 bits per heavy atom. The molecule has 0 unspecified atom stereocenters. The minimum atomic E-state index is -4.24. The number of nitrogens with zero attached hydrogens (tertiary/aromatic N) is 2. The number of carbonyl (C=O) groups excluding carboxylic acids is 1. The molecule has 0 saturated heterocycles. The highest BCUT2D eigenvalue weighted by atomic mass is 32.2. The first-order valence-electron chi connectivity index (χ1n) is 5.86. The molecular formula is C12H11N3O6S. The van der Waals surface area contributed by atoms with Gasteiger partial charge in [-0.1, -0.05) is 6.07 Å². The standard InChI is InChI=1S/C12H11N3O6S/c1-14-7-10(6-11(14)12(13)16)22(19,20)21-9-4-2-3-8(5-9)15(17)18/h2-7H,1H3,(H2,13,16). The first-order chi connectivity index (χ1) is 10.2. The molecule has 9 nitrogen and oxygen atoms in total. The molecule has 22 heavy (non-hydrogen) atoms. The normalized spacial score (nSPS) is 11.1. The molecule has 1 amide bonds. The molecule has 0 bridgehead atoms. The Morgan fingerprint density at radius 1 is 1.36 bits per heavy atom. The number of carbonyl (C=O) groups is 1. The Labute approximate surface area is 125 Å². The van der Waals surface area contributed by atoms with Crippen molar-refractivity contribution in [3.8, 4) is 5.75 Å². The molecule has 0 fully saturated rings. The summed E-state index contributed by atoms with van der Waals surface area (Å²) in [5, 5.41) is 10.7. The number of rotatable bonds is 5. The highest BCUT2D eigenvalue weighted by Crippen LogP contribution is 2.23. The van der Waals surface area contributed by atoms with Crippen molar-refractivity contribution in [2.75, 3.05) is 0 Å². The van der Waals surface area contributed by atoms with E-state index in [0.717, 1.165) is 18.3 Å². The number of primary amides is 1. The van der Waals surface area contributed by atoms with Crippen LogP contribution in [0.5, 0.6) is 5.75 Å². The molecule has 0 radical (unpaired) electrons.